The van der Waals surface area contributed by atoms with Crippen LogP contribution in [0, 0.1) is 5.82 Å². The molecule has 2 rings (SSSR count). The van der Waals surface area contributed by atoms with Gasteiger partial charge in [0.15, 0.2) is 0 Å². The van der Waals surface area contributed by atoms with Gasteiger partial charge >= 0.3 is 0 Å². The van der Waals surface area contributed by atoms with Crippen molar-refractivity contribution in [2.45, 2.75) is 18.9 Å². The molecule has 5 heteroatoms. The first kappa shape index (κ1) is 12.2. The predicted molar refractivity (Wildman–Crippen MR) is 67.0 cm³/mol. The van der Waals surface area contributed by atoms with Gasteiger partial charge in [0, 0.05) is 23.5 Å². The third-order valence-electron chi connectivity index (χ3n) is 2.56. The third-order valence-corrected chi connectivity index (χ3v) is 3.36. The minimum Gasteiger partial charge on any atom is -0.271 e. The van der Waals surface area contributed by atoms with Gasteiger partial charge in [0.25, 0.3) is 0 Å². The highest BCUT2D eigenvalue weighted by Crippen LogP contribution is 2.12. The highest BCUT2D eigenvalue weighted by atomic mass is 32.1. The van der Waals surface area contributed by atoms with Crippen LogP contribution in [0.2, 0.25) is 0 Å². The van der Waals surface area contributed by atoms with Gasteiger partial charge in [-0.3, -0.25) is 16.3 Å². The second kappa shape index (κ2) is 5.86. The van der Waals surface area contributed by atoms with Gasteiger partial charge in [-0.2, -0.15) is 0 Å². The molecule has 1 aromatic heterocycles. The molecule has 90 valence electrons. The lowest BCUT2D eigenvalue weighted by Crippen LogP contribution is -2.38. The molecular formula is C12H14FN3S. The van der Waals surface area contributed by atoms with Gasteiger partial charge < -0.3 is 0 Å². The molecule has 0 saturated carbocycles. The molecule has 1 heterocycles. The summed E-state index contributed by atoms with van der Waals surface area (Å²) >= 11 is 1.61. The van der Waals surface area contributed by atoms with Crippen molar-refractivity contribution < 1.29 is 4.39 Å². The topological polar surface area (TPSA) is 50.9 Å². The number of nitrogens with one attached hydrogen (secondary N) is 1. The molecule has 0 saturated heterocycles. The maximum atomic E-state index is 12.8. The van der Waals surface area contributed by atoms with Crippen molar-refractivity contribution in [3.05, 3.63) is 52.2 Å². The van der Waals surface area contributed by atoms with Crippen LogP contribution in [-0.4, -0.2) is 11.0 Å². The lowest BCUT2D eigenvalue weighted by Gasteiger charge is -2.14. The molecular weight excluding hydrogens is 237 g/mol. The largest absolute Gasteiger partial charge is 0.271 e. The van der Waals surface area contributed by atoms with Gasteiger partial charge in [0.05, 0.1) is 5.51 Å². The number of hydrogen-bond donors (Lipinski definition) is 2. The molecule has 1 unspecified atom stereocenters. The van der Waals surface area contributed by atoms with E-state index in [9.17, 15) is 4.39 Å². The second-order valence-corrected chi connectivity index (χ2v) is 4.84. The molecule has 0 spiro atoms. The fraction of sp³-hybridized carbons (Fsp3) is 0.250. The van der Waals surface area contributed by atoms with Crippen molar-refractivity contribution in [3.63, 3.8) is 0 Å². The van der Waals surface area contributed by atoms with Crippen molar-refractivity contribution >= 4 is 11.3 Å². The highest BCUT2D eigenvalue weighted by Gasteiger charge is 2.09. The smallest absolute Gasteiger partial charge is 0.123 e. The Labute approximate surface area is 103 Å². The van der Waals surface area contributed by atoms with Crippen LogP contribution in [0.15, 0.2) is 36.0 Å². The molecule has 0 amide bonds. The lowest BCUT2D eigenvalue weighted by molar-refractivity contribution is 0.524. The van der Waals surface area contributed by atoms with E-state index >= 15 is 0 Å². The zero-order chi connectivity index (χ0) is 12.1. The van der Waals surface area contributed by atoms with Crippen LogP contribution >= 0.6 is 11.3 Å². The summed E-state index contributed by atoms with van der Waals surface area (Å²) in [5, 5.41) is 0. The number of benzene rings is 1. The number of halogens is 1. The fourth-order valence-corrected chi connectivity index (χ4v) is 2.36. The zero-order valence-electron chi connectivity index (χ0n) is 9.27. The van der Waals surface area contributed by atoms with Crippen molar-refractivity contribution in [3.8, 4) is 0 Å². The maximum absolute atomic E-state index is 12.8. The summed E-state index contributed by atoms with van der Waals surface area (Å²) in [5.74, 6) is 5.31. The summed E-state index contributed by atoms with van der Waals surface area (Å²) in [5.41, 5.74) is 5.66. The number of thiazole rings is 1. The first-order chi connectivity index (χ1) is 8.28. The van der Waals surface area contributed by atoms with E-state index in [0.717, 1.165) is 18.4 Å². The van der Waals surface area contributed by atoms with Crippen LogP contribution in [0.1, 0.15) is 10.4 Å². The molecule has 0 fully saturated rings. The quantitative estimate of drug-likeness (QED) is 0.630. The molecule has 1 atom stereocenters. The Bertz CT molecular complexity index is 441. The number of aromatic nitrogens is 1. The molecule has 3 nitrogen and oxygen atoms in total. The minimum absolute atomic E-state index is 0.140. The first-order valence-electron chi connectivity index (χ1n) is 5.36. The lowest BCUT2D eigenvalue weighted by atomic mass is 10.0. The standard InChI is InChI=1S/C12H14FN3S/c13-10-3-1-9(2-4-10)5-11(16-14)6-12-7-15-8-17-12/h1-4,7-8,11,16H,5-6,14H2. The fourth-order valence-electron chi connectivity index (χ4n) is 1.68. The molecule has 0 bridgehead atoms. The van der Waals surface area contributed by atoms with Crippen molar-refractivity contribution in [2.24, 2.45) is 5.84 Å². The van der Waals surface area contributed by atoms with Gasteiger partial charge in [-0.15, -0.1) is 11.3 Å². The molecule has 0 aliphatic heterocycles. The normalized spacial score (nSPS) is 12.6. The maximum Gasteiger partial charge on any atom is 0.123 e. The van der Waals surface area contributed by atoms with Crippen LogP contribution in [0.4, 0.5) is 4.39 Å². The molecule has 0 aliphatic rings. The van der Waals surface area contributed by atoms with Gasteiger partial charge in [-0.05, 0) is 24.1 Å². The van der Waals surface area contributed by atoms with Gasteiger partial charge in [-0.1, -0.05) is 12.1 Å². The second-order valence-electron chi connectivity index (χ2n) is 3.87. The molecule has 0 radical (unpaired) electrons. The van der Waals surface area contributed by atoms with E-state index in [4.69, 9.17) is 5.84 Å². The van der Waals surface area contributed by atoms with E-state index in [1.807, 2.05) is 6.20 Å². The first-order valence-corrected chi connectivity index (χ1v) is 6.24. The van der Waals surface area contributed by atoms with Crippen molar-refractivity contribution in [1.82, 2.24) is 10.4 Å². The van der Waals surface area contributed by atoms with Crippen molar-refractivity contribution in [1.29, 1.82) is 0 Å². The van der Waals surface area contributed by atoms with E-state index in [-0.39, 0.29) is 11.9 Å². The van der Waals surface area contributed by atoms with Gasteiger partial charge in [0.1, 0.15) is 5.82 Å². The minimum atomic E-state index is -0.214. The predicted octanol–water partition coefficient (Wildman–Crippen LogP) is 1.90. The summed E-state index contributed by atoms with van der Waals surface area (Å²) in [6.07, 6.45) is 3.45. The van der Waals surface area contributed by atoms with Crippen LogP contribution in [0.5, 0.6) is 0 Å². The number of hydrogen-bond acceptors (Lipinski definition) is 4. The Morgan fingerprint density at radius 2 is 2.06 bits per heavy atom. The monoisotopic (exact) mass is 251 g/mol. The van der Waals surface area contributed by atoms with E-state index in [0.29, 0.717) is 0 Å². The summed E-state index contributed by atoms with van der Waals surface area (Å²) in [4.78, 5) is 5.22. The van der Waals surface area contributed by atoms with Crippen LogP contribution in [-0.2, 0) is 12.8 Å². The molecule has 17 heavy (non-hydrogen) atoms. The van der Waals surface area contributed by atoms with E-state index < -0.39 is 0 Å². The summed E-state index contributed by atoms with van der Waals surface area (Å²) in [7, 11) is 0. The Kier molecular flexibility index (Phi) is 4.19. The van der Waals surface area contributed by atoms with Gasteiger partial charge in [-0.25, -0.2) is 4.39 Å². The average Bonchev–Trinajstić information content (AvgIpc) is 2.84. The SMILES string of the molecule is NNC(Cc1ccc(F)cc1)Cc1cncs1. The molecule has 0 aliphatic carbocycles. The number of rotatable bonds is 5. The van der Waals surface area contributed by atoms with E-state index in [1.165, 1.54) is 17.0 Å². The Morgan fingerprint density at radius 3 is 2.65 bits per heavy atom. The highest BCUT2D eigenvalue weighted by molar-refractivity contribution is 7.09. The molecule has 2 aromatic rings. The van der Waals surface area contributed by atoms with E-state index in [1.54, 1.807) is 29.0 Å². The van der Waals surface area contributed by atoms with E-state index in [2.05, 4.69) is 10.4 Å². The molecule has 3 N–H and O–H groups in total. The Balaban J connectivity index is 1.97. The Morgan fingerprint density at radius 1 is 1.29 bits per heavy atom. The van der Waals surface area contributed by atoms with Crippen LogP contribution < -0.4 is 11.3 Å². The Hall–Kier alpha value is -1.30. The van der Waals surface area contributed by atoms with Crippen LogP contribution in [0.25, 0.3) is 0 Å². The molecule has 1 aromatic carbocycles. The summed E-state index contributed by atoms with van der Waals surface area (Å²) < 4.78 is 12.8. The number of nitrogens with two attached hydrogens (primary N) is 1. The summed E-state index contributed by atoms with van der Waals surface area (Å²) in [6.45, 7) is 0. The van der Waals surface area contributed by atoms with Gasteiger partial charge in [0.2, 0.25) is 0 Å². The van der Waals surface area contributed by atoms with Crippen molar-refractivity contribution in [2.75, 3.05) is 0 Å². The average molecular weight is 251 g/mol. The zero-order valence-corrected chi connectivity index (χ0v) is 10.1. The number of nitrogens with zero attached hydrogens (tertiary/aromatic N) is 1. The number of hydrazine groups is 1. The van der Waals surface area contributed by atoms with Crippen LogP contribution in [0.3, 0.4) is 0 Å². The third kappa shape index (κ3) is 3.59. The summed E-state index contributed by atoms with van der Waals surface area (Å²) in [6, 6.07) is 6.64.